The van der Waals surface area contributed by atoms with Gasteiger partial charge >= 0.3 is 0 Å². The van der Waals surface area contributed by atoms with E-state index in [4.69, 9.17) is 11.6 Å². The quantitative estimate of drug-likeness (QED) is 0.432. The number of aromatic nitrogens is 3. The first-order chi connectivity index (χ1) is 15.5. The Morgan fingerprint density at radius 2 is 2.03 bits per heavy atom. The predicted molar refractivity (Wildman–Crippen MR) is 128 cm³/mol. The predicted octanol–water partition coefficient (Wildman–Crippen LogP) is 5.01. The van der Waals surface area contributed by atoms with Crippen LogP contribution in [0.4, 0.5) is 11.5 Å². The van der Waals surface area contributed by atoms with Crippen LogP contribution in [-0.2, 0) is 9.59 Å². The number of nitrogens with zero attached hydrogens (tertiary/aromatic N) is 4. The summed E-state index contributed by atoms with van der Waals surface area (Å²) in [5.74, 6) is -0.222. The van der Waals surface area contributed by atoms with Crippen LogP contribution in [0.5, 0.6) is 0 Å². The normalized spacial score (nSPS) is 16.0. The van der Waals surface area contributed by atoms with Gasteiger partial charge in [-0.1, -0.05) is 17.7 Å². The minimum Gasteiger partial charge on any atom is -0.312 e. The number of thiophene rings is 1. The monoisotopic (exact) mass is 483 g/mol. The topological polar surface area (TPSA) is 80.1 Å². The van der Waals surface area contributed by atoms with Crippen LogP contribution in [0.1, 0.15) is 12.1 Å². The molecule has 162 valence electrons. The first kappa shape index (κ1) is 20.9. The largest absolute Gasteiger partial charge is 0.312 e. The number of carbonyl (C=O) groups excluding carboxylic acids is 2. The molecule has 0 aliphatic carbocycles. The van der Waals surface area contributed by atoms with E-state index >= 15 is 0 Å². The molecule has 1 unspecified atom stereocenters. The van der Waals surface area contributed by atoms with Crippen LogP contribution in [-0.4, -0.2) is 33.1 Å². The van der Waals surface area contributed by atoms with Crippen LogP contribution in [0.2, 0.25) is 5.02 Å². The fraction of sp³-hybridized carbons (Fsp3) is 0.182. The van der Waals surface area contributed by atoms with Gasteiger partial charge < -0.3 is 10.2 Å². The van der Waals surface area contributed by atoms with Crippen molar-refractivity contribution in [2.45, 2.75) is 13.3 Å². The summed E-state index contributed by atoms with van der Waals surface area (Å²) >= 11 is 9.02. The maximum Gasteiger partial charge on any atom is 0.230 e. The number of anilines is 2. The van der Waals surface area contributed by atoms with Crippen molar-refractivity contribution in [1.82, 2.24) is 14.8 Å². The van der Waals surface area contributed by atoms with Gasteiger partial charge in [-0.15, -0.1) is 22.7 Å². The van der Waals surface area contributed by atoms with E-state index in [1.807, 2.05) is 29.8 Å². The second-order valence-corrected chi connectivity index (χ2v) is 9.67. The second-order valence-electron chi connectivity index (χ2n) is 7.45. The molecule has 10 heteroatoms. The summed E-state index contributed by atoms with van der Waals surface area (Å²) in [5, 5.41) is 12.7. The van der Waals surface area contributed by atoms with E-state index in [0.29, 0.717) is 22.5 Å². The third-order valence-corrected chi connectivity index (χ3v) is 7.12. The summed E-state index contributed by atoms with van der Waals surface area (Å²) in [6.07, 6.45) is 0.154. The molecule has 1 aromatic carbocycles. The van der Waals surface area contributed by atoms with Crippen LogP contribution in [0.25, 0.3) is 15.7 Å². The molecular weight excluding hydrogens is 466 g/mol. The Balaban J connectivity index is 1.33. The zero-order valence-corrected chi connectivity index (χ0v) is 19.4. The zero-order chi connectivity index (χ0) is 22.2. The van der Waals surface area contributed by atoms with Gasteiger partial charge in [0.15, 0.2) is 0 Å². The molecule has 5 rings (SSSR count). The minimum atomic E-state index is -0.459. The second kappa shape index (κ2) is 8.50. The Kier molecular flexibility index (Phi) is 5.54. The van der Waals surface area contributed by atoms with Crippen LogP contribution in [0.3, 0.4) is 0 Å². The molecule has 0 saturated carbocycles. The average Bonchev–Trinajstić information content (AvgIpc) is 3.55. The zero-order valence-electron chi connectivity index (χ0n) is 17.0. The lowest BCUT2D eigenvalue weighted by Crippen LogP contribution is -2.28. The number of halogens is 1. The number of rotatable bonds is 5. The fourth-order valence-corrected chi connectivity index (χ4v) is 5.29. The number of amides is 2. The maximum atomic E-state index is 13.0. The molecule has 1 saturated heterocycles. The van der Waals surface area contributed by atoms with E-state index in [2.05, 4.69) is 15.4 Å². The lowest BCUT2D eigenvalue weighted by molar-refractivity contribution is -0.122. The van der Waals surface area contributed by atoms with Gasteiger partial charge in [0.2, 0.25) is 16.9 Å². The average molecular weight is 484 g/mol. The molecule has 7 nitrogen and oxygen atoms in total. The van der Waals surface area contributed by atoms with Crippen molar-refractivity contribution >= 4 is 57.6 Å². The van der Waals surface area contributed by atoms with Gasteiger partial charge in [0, 0.05) is 35.1 Å². The third-order valence-electron chi connectivity index (χ3n) is 5.16. The van der Waals surface area contributed by atoms with E-state index < -0.39 is 5.92 Å². The standard InChI is InChI=1S/C22H18ClN5O2S2/c1-13-9-19(28(26-13)22-24-17(12-32-22)18-3-2-8-31-18)25-21(30)14-10-20(29)27(11-14)16-6-4-15(23)5-7-16/h2-9,12,14H,10-11H2,1H3,(H,25,30). The lowest BCUT2D eigenvalue weighted by Gasteiger charge is -2.16. The van der Waals surface area contributed by atoms with Gasteiger partial charge in [-0.25, -0.2) is 4.98 Å². The highest BCUT2D eigenvalue weighted by atomic mass is 35.5. The molecular formula is C22H18ClN5O2S2. The lowest BCUT2D eigenvalue weighted by atomic mass is 10.1. The SMILES string of the molecule is Cc1cc(NC(=O)C2CC(=O)N(c3ccc(Cl)cc3)C2)n(-c2nc(-c3cccs3)cs2)n1. The molecule has 4 heterocycles. The molecule has 0 spiro atoms. The molecule has 1 aliphatic heterocycles. The summed E-state index contributed by atoms with van der Waals surface area (Å²) in [5.41, 5.74) is 2.38. The highest BCUT2D eigenvalue weighted by molar-refractivity contribution is 7.15. The van der Waals surface area contributed by atoms with E-state index in [9.17, 15) is 9.59 Å². The first-order valence-electron chi connectivity index (χ1n) is 9.91. The molecule has 3 aromatic heterocycles. The molecule has 0 radical (unpaired) electrons. The molecule has 1 N–H and O–H groups in total. The molecule has 4 aromatic rings. The number of aryl methyl sites for hydroxylation is 1. The van der Waals surface area contributed by atoms with E-state index in [0.717, 1.165) is 22.0 Å². The van der Waals surface area contributed by atoms with Crippen molar-refractivity contribution in [3.05, 3.63) is 63.9 Å². The van der Waals surface area contributed by atoms with E-state index in [1.165, 1.54) is 11.3 Å². The van der Waals surface area contributed by atoms with Gasteiger partial charge in [0.05, 0.1) is 22.2 Å². The highest BCUT2D eigenvalue weighted by Crippen LogP contribution is 2.30. The van der Waals surface area contributed by atoms with Gasteiger partial charge in [0.25, 0.3) is 0 Å². The smallest absolute Gasteiger partial charge is 0.230 e. The number of hydrogen-bond donors (Lipinski definition) is 1. The highest BCUT2D eigenvalue weighted by Gasteiger charge is 2.35. The maximum absolute atomic E-state index is 13.0. The van der Waals surface area contributed by atoms with Crippen molar-refractivity contribution in [3.8, 4) is 15.7 Å². The third kappa shape index (κ3) is 4.06. The Morgan fingerprint density at radius 3 is 2.78 bits per heavy atom. The summed E-state index contributed by atoms with van der Waals surface area (Å²) < 4.78 is 1.64. The van der Waals surface area contributed by atoms with Crippen LogP contribution >= 0.6 is 34.3 Å². The number of nitrogens with one attached hydrogen (secondary N) is 1. The van der Waals surface area contributed by atoms with Crippen molar-refractivity contribution in [2.24, 2.45) is 5.92 Å². The van der Waals surface area contributed by atoms with E-state index in [1.54, 1.807) is 51.3 Å². The van der Waals surface area contributed by atoms with Crippen LogP contribution in [0, 0.1) is 12.8 Å². The Bertz CT molecular complexity index is 1280. The van der Waals surface area contributed by atoms with Crippen LogP contribution in [0.15, 0.2) is 53.2 Å². The van der Waals surface area contributed by atoms with Crippen molar-refractivity contribution in [2.75, 3.05) is 16.8 Å². The molecule has 1 aliphatic rings. The molecule has 1 fully saturated rings. The number of benzene rings is 1. The Morgan fingerprint density at radius 1 is 1.22 bits per heavy atom. The molecule has 2 amide bonds. The fourth-order valence-electron chi connectivity index (χ4n) is 3.62. The molecule has 0 bridgehead atoms. The van der Waals surface area contributed by atoms with Crippen molar-refractivity contribution < 1.29 is 9.59 Å². The molecule has 1 atom stereocenters. The van der Waals surface area contributed by atoms with Gasteiger partial charge in [0.1, 0.15) is 5.82 Å². The van der Waals surface area contributed by atoms with Gasteiger partial charge in [-0.3, -0.25) is 9.59 Å². The summed E-state index contributed by atoms with van der Waals surface area (Å²) in [7, 11) is 0. The van der Waals surface area contributed by atoms with Crippen molar-refractivity contribution in [3.63, 3.8) is 0 Å². The summed E-state index contributed by atoms with van der Waals surface area (Å²) in [6, 6.07) is 12.8. The Hall–Kier alpha value is -3.01. The van der Waals surface area contributed by atoms with Crippen molar-refractivity contribution in [1.29, 1.82) is 0 Å². The van der Waals surface area contributed by atoms with E-state index in [-0.39, 0.29) is 18.2 Å². The minimum absolute atomic E-state index is 0.0855. The van der Waals surface area contributed by atoms with Crippen LogP contribution < -0.4 is 10.2 Å². The summed E-state index contributed by atoms with van der Waals surface area (Å²) in [6.45, 7) is 2.18. The molecule has 32 heavy (non-hydrogen) atoms. The van der Waals surface area contributed by atoms with Gasteiger partial charge in [-0.2, -0.15) is 9.78 Å². The number of thiazole rings is 1. The summed E-state index contributed by atoms with van der Waals surface area (Å²) in [4.78, 5) is 32.9. The number of hydrogen-bond acceptors (Lipinski definition) is 6. The first-order valence-corrected chi connectivity index (χ1v) is 12.0. The Labute approximate surface area is 197 Å². The van der Waals surface area contributed by atoms with Gasteiger partial charge in [-0.05, 0) is 42.6 Å². The number of carbonyl (C=O) groups is 2.